The number of amides is 1. The minimum Gasteiger partial charge on any atom is -0.475 e. The van der Waals surface area contributed by atoms with Crippen LogP contribution < -0.4 is 4.74 Å². The molecular formula is C18H17FN2O6. The first kappa shape index (κ1) is 19.8. The van der Waals surface area contributed by atoms with Gasteiger partial charge >= 0.3 is 11.7 Å². The van der Waals surface area contributed by atoms with Gasteiger partial charge in [-0.25, -0.2) is 9.18 Å². The number of nitro benzene ring substituents is 1. The van der Waals surface area contributed by atoms with E-state index in [0.29, 0.717) is 0 Å². The Labute approximate surface area is 154 Å². The van der Waals surface area contributed by atoms with E-state index in [0.717, 1.165) is 5.56 Å². The van der Waals surface area contributed by atoms with Crippen LogP contribution in [-0.2, 0) is 20.9 Å². The number of hydrogen-bond acceptors (Lipinski definition) is 6. The average Bonchev–Trinajstić information content (AvgIpc) is 2.66. The Kier molecular flexibility index (Phi) is 6.81. The highest BCUT2D eigenvalue weighted by Crippen LogP contribution is 2.25. The molecule has 27 heavy (non-hydrogen) atoms. The van der Waals surface area contributed by atoms with Crippen LogP contribution in [0.2, 0.25) is 0 Å². The molecule has 0 N–H and O–H groups in total. The first-order chi connectivity index (χ1) is 12.9. The van der Waals surface area contributed by atoms with Crippen molar-refractivity contribution in [2.75, 3.05) is 20.3 Å². The Bertz CT molecular complexity index is 825. The molecule has 9 heteroatoms. The zero-order valence-corrected chi connectivity index (χ0v) is 14.5. The standard InChI is InChI=1S/C18H17FN2O6/c1-20(10-13-6-8-14(19)9-7-13)17(22)11-27-18(23)12-26-16-5-3-2-4-15(16)21(24)25/h2-9H,10-12H2,1H3. The third kappa shape index (κ3) is 6.07. The van der Waals surface area contributed by atoms with Gasteiger partial charge in [-0.15, -0.1) is 0 Å². The summed E-state index contributed by atoms with van der Waals surface area (Å²) in [5.74, 6) is -1.74. The number of ether oxygens (including phenoxy) is 2. The van der Waals surface area contributed by atoms with Crippen molar-refractivity contribution in [2.45, 2.75) is 6.54 Å². The van der Waals surface area contributed by atoms with Crippen LogP contribution in [-0.4, -0.2) is 42.0 Å². The molecule has 2 aromatic carbocycles. The van der Waals surface area contributed by atoms with Crippen LogP contribution in [0.5, 0.6) is 5.75 Å². The minimum atomic E-state index is -0.836. The Balaban J connectivity index is 1.78. The van der Waals surface area contributed by atoms with Crippen LogP contribution in [0.1, 0.15) is 5.56 Å². The summed E-state index contributed by atoms with van der Waals surface area (Å²) in [4.78, 5) is 35.2. The number of nitro groups is 1. The molecule has 2 rings (SSSR count). The normalized spacial score (nSPS) is 10.1. The molecular weight excluding hydrogens is 359 g/mol. The Morgan fingerprint density at radius 1 is 1.11 bits per heavy atom. The zero-order valence-electron chi connectivity index (χ0n) is 14.5. The number of rotatable bonds is 8. The van der Waals surface area contributed by atoms with Gasteiger partial charge in [0.1, 0.15) is 5.82 Å². The third-order valence-corrected chi connectivity index (χ3v) is 3.52. The van der Waals surface area contributed by atoms with Gasteiger partial charge in [-0.1, -0.05) is 24.3 Å². The van der Waals surface area contributed by atoms with Crippen LogP contribution in [0.3, 0.4) is 0 Å². The number of esters is 1. The summed E-state index contributed by atoms with van der Waals surface area (Å²) in [7, 11) is 1.52. The van der Waals surface area contributed by atoms with Crippen molar-refractivity contribution >= 4 is 17.6 Å². The van der Waals surface area contributed by atoms with E-state index in [-0.39, 0.29) is 23.8 Å². The Morgan fingerprint density at radius 2 is 1.78 bits per heavy atom. The summed E-state index contributed by atoms with van der Waals surface area (Å²) in [6.45, 7) is -0.847. The predicted octanol–water partition coefficient (Wildman–Crippen LogP) is 2.31. The lowest BCUT2D eigenvalue weighted by molar-refractivity contribution is -0.385. The van der Waals surface area contributed by atoms with Crippen LogP contribution in [0.25, 0.3) is 0 Å². The maximum absolute atomic E-state index is 12.9. The van der Waals surface area contributed by atoms with Crippen molar-refractivity contribution in [3.63, 3.8) is 0 Å². The number of likely N-dealkylation sites (N-methyl/N-ethyl adjacent to an activating group) is 1. The van der Waals surface area contributed by atoms with E-state index >= 15 is 0 Å². The largest absolute Gasteiger partial charge is 0.475 e. The van der Waals surface area contributed by atoms with E-state index in [9.17, 15) is 24.1 Å². The van der Waals surface area contributed by atoms with Crippen molar-refractivity contribution in [1.29, 1.82) is 0 Å². The average molecular weight is 376 g/mol. The first-order valence-corrected chi connectivity index (χ1v) is 7.87. The monoisotopic (exact) mass is 376 g/mol. The number of para-hydroxylation sites is 2. The molecule has 8 nitrogen and oxygen atoms in total. The number of benzene rings is 2. The van der Waals surface area contributed by atoms with Crippen molar-refractivity contribution in [3.8, 4) is 5.75 Å². The Morgan fingerprint density at radius 3 is 2.44 bits per heavy atom. The van der Waals surface area contributed by atoms with E-state index in [2.05, 4.69) is 0 Å². The van der Waals surface area contributed by atoms with Gasteiger partial charge in [0, 0.05) is 19.7 Å². The van der Waals surface area contributed by atoms with Crippen LogP contribution >= 0.6 is 0 Å². The number of halogens is 1. The molecule has 0 fully saturated rings. The van der Waals surface area contributed by atoms with Crippen LogP contribution in [0.4, 0.5) is 10.1 Å². The second-order valence-corrected chi connectivity index (χ2v) is 5.55. The molecule has 2 aromatic rings. The fourth-order valence-corrected chi connectivity index (χ4v) is 2.11. The highest BCUT2D eigenvalue weighted by Gasteiger charge is 2.17. The molecule has 0 aliphatic rings. The lowest BCUT2D eigenvalue weighted by Gasteiger charge is -2.17. The van der Waals surface area contributed by atoms with Crippen molar-refractivity contribution in [3.05, 3.63) is 70.0 Å². The van der Waals surface area contributed by atoms with E-state index < -0.39 is 30.0 Å². The second kappa shape index (κ2) is 9.27. The third-order valence-electron chi connectivity index (χ3n) is 3.52. The summed E-state index contributed by atoms with van der Waals surface area (Å²) in [6.07, 6.45) is 0. The van der Waals surface area contributed by atoms with Gasteiger partial charge in [-0.05, 0) is 23.8 Å². The number of nitrogens with zero attached hydrogens (tertiary/aromatic N) is 2. The van der Waals surface area contributed by atoms with E-state index in [1.807, 2.05) is 0 Å². The lowest BCUT2D eigenvalue weighted by atomic mass is 10.2. The molecule has 0 unspecified atom stereocenters. The minimum absolute atomic E-state index is 0.0702. The van der Waals surface area contributed by atoms with Crippen LogP contribution in [0.15, 0.2) is 48.5 Å². The van der Waals surface area contributed by atoms with Gasteiger partial charge in [0.25, 0.3) is 5.91 Å². The van der Waals surface area contributed by atoms with Gasteiger partial charge in [-0.2, -0.15) is 0 Å². The van der Waals surface area contributed by atoms with E-state index in [1.165, 1.54) is 48.3 Å². The van der Waals surface area contributed by atoms with Gasteiger partial charge in [0.15, 0.2) is 19.0 Å². The quantitative estimate of drug-likeness (QED) is 0.398. The smallest absolute Gasteiger partial charge is 0.344 e. The summed E-state index contributed by atoms with van der Waals surface area (Å²) < 4.78 is 22.8. The highest BCUT2D eigenvalue weighted by molar-refractivity contribution is 5.80. The van der Waals surface area contributed by atoms with Crippen LogP contribution in [0, 0.1) is 15.9 Å². The first-order valence-electron chi connectivity index (χ1n) is 7.87. The molecule has 0 aliphatic heterocycles. The molecule has 0 spiro atoms. The summed E-state index contributed by atoms with van der Waals surface area (Å²) in [5.41, 5.74) is 0.443. The van der Waals surface area contributed by atoms with Gasteiger partial charge in [0.2, 0.25) is 0 Å². The molecule has 0 saturated carbocycles. The topological polar surface area (TPSA) is 99.0 Å². The molecule has 0 atom stereocenters. The molecule has 0 radical (unpaired) electrons. The SMILES string of the molecule is CN(Cc1ccc(F)cc1)C(=O)COC(=O)COc1ccccc1[N+](=O)[O-]. The summed E-state index contributed by atoms with van der Waals surface area (Å²) >= 11 is 0. The predicted molar refractivity (Wildman–Crippen MR) is 92.4 cm³/mol. The molecule has 0 saturated heterocycles. The van der Waals surface area contributed by atoms with E-state index in [4.69, 9.17) is 9.47 Å². The Hall–Kier alpha value is -3.49. The van der Waals surface area contributed by atoms with Gasteiger partial charge in [0.05, 0.1) is 4.92 Å². The van der Waals surface area contributed by atoms with Gasteiger partial charge in [-0.3, -0.25) is 14.9 Å². The summed E-state index contributed by atoms with van der Waals surface area (Å²) in [5, 5.41) is 10.9. The number of hydrogen-bond donors (Lipinski definition) is 0. The fourth-order valence-electron chi connectivity index (χ4n) is 2.11. The number of carbonyl (C=O) groups is 2. The number of carbonyl (C=O) groups excluding carboxylic acids is 2. The van der Waals surface area contributed by atoms with Crippen molar-refractivity contribution < 1.29 is 28.4 Å². The fraction of sp³-hybridized carbons (Fsp3) is 0.222. The molecule has 0 aromatic heterocycles. The molecule has 0 heterocycles. The highest BCUT2D eigenvalue weighted by atomic mass is 19.1. The molecule has 142 valence electrons. The van der Waals surface area contributed by atoms with E-state index in [1.54, 1.807) is 12.1 Å². The molecule has 0 bridgehead atoms. The zero-order chi connectivity index (χ0) is 19.8. The van der Waals surface area contributed by atoms with Gasteiger partial charge < -0.3 is 14.4 Å². The lowest BCUT2D eigenvalue weighted by Crippen LogP contribution is -2.31. The van der Waals surface area contributed by atoms with Crippen molar-refractivity contribution in [2.24, 2.45) is 0 Å². The molecule has 1 amide bonds. The maximum atomic E-state index is 12.9. The maximum Gasteiger partial charge on any atom is 0.344 e. The summed E-state index contributed by atoms with van der Waals surface area (Å²) in [6, 6.07) is 11.3. The second-order valence-electron chi connectivity index (χ2n) is 5.55. The molecule has 0 aliphatic carbocycles. The van der Waals surface area contributed by atoms with Crippen molar-refractivity contribution in [1.82, 2.24) is 4.90 Å².